The second-order valence-corrected chi connectivity index (χ2v) is 13.3. The zero-order chi connectivity index (χ0) is 33.0. The lowest BCUT2D eigenvalue weighted by Crippen LogP contribution is -2.30. The van der Waals surface area contributed by atoms with Crippen LogP contribution in [0.25, 0.3) is 21.5 Å². The van der Waals surface area contributed by atoms with E-state index in [2.05, 4.69) is 0 Å². The third kappa shape index (κ3) is 5.32. The summed E-state index contributed by atoms with van der Waals surface area (Å²) in [6.45, 7) is 3.36. The summed E-state index contributed by atoms with van der Waals surface area (Å²) in [5.41, 5.74) is 3.09. The first-order valence-corrected chi connectivity index (χ1v) is 16.9. The Bertz CT molecular complexity index is 1980. The number of anilines is 2. The molecule has 0 saturated carbocycles. The van der Waals surface area contributed by atoms with Crippen molar-refractivity contribution in [3.05, 3.63) is 93.7 Å². The van der Waals surface area contributed by atoms with Gasteiger partial charge in [-0.1, -0.05) is 48.5 Å². The molecule has 0 spiro atoms. The van der Waals surface area contributed by atoms with Gasteiger partial charge in [-0.3, -0.25) is 19.2 Å². The van der Waals surface area contributed by atoms with Crippen LogP contribution < -0.4 is 19.3 Å². The van der Waals surface area contributed by atoms with E-state index in [-0.39, 0.29) is 23.7 Å². The minimum Gasteiger partial charge on any atom is -0.426 e. The molecular weight excluding hydrogens is 659 g/mol. The molecule has 0 N–H and O–H groups in total. The number of amides is 2. The summed E-state index contributed by atoms with van der Waals surface area (Å²) in [5, 5.41) is 3.26. The van der Waals surface area contributed by atoms with Gasteiger partial charge in [0.1, 0.15) is 11.5 Å². The maximum absolute atomic E-state index is 14.1. The van der Waals surface area contributed by atoms with Crippen LogP contribution in [0.15, 0.2) is 72.8 Å². The van der Waals surface area contributed by atoms with Gasteiger partial charge in [0.25, 0.3) is 11.8 Å². The Balaban J connectivity index is 1.24. The second-order valence-electron chi connectivity index (χ2n) is 11.6. The first kappa shape index (κ1) is 31.2. The smallest absolute Gasteiger partial charge is 0.308 e. The monoisotopic (exact) mass is 686 g/mol. The maximum atomic E-state index is 14.1. The Labute approximate surface area is 284 Å². The van der Waals surface area contributed by atoms with Crippen molar-refractivity contribution in [2.75, 3.05) is 34.6 Å². The summed E-state index contributed by atoms with van der Waals surface area (Å²) in [7, 11) is 0. The fourth-order valence-corrected chi connectivity index (χ4v) is 8.18. The summed E-state index contributed by atoms with van der Waals surface area (Å²) in [6, 6.07) is 21.9. The Morgan fingerprint density at radius 3 is 1.40 bits per heavy atom. The maximum Gasteiger partial charge on any atom is 0.308 e. The summed E-state index contributed by atoms with van der Waals surface area (Å²) >= 11 is 14.0. The van der Waals surface area contributed by atoms with Crippen LogP contribution in [0.2, 0.25) is 0 Å². The second kappa shape index (κ2) is 12.3. The zero-order valence-electron chi connectivity index (χ0n) is 25.4. The molecule has 8 nitrogen and oxygen atoms in total. The lowest BCUT2D eigenvalue weighted by molar-refractivity contribution is -0.132. The van der Waals surface area contributed by atoms with E-state index in [4.69, 9.17) is 32.7 Å². The van der Waals surface area contributed by atoms with Crippen molar-refractivity contribution in [1.82, 2.24) is 0 Å². The number of ether oxygens (including phenoxy) is 2. The first-order valence-electron chi connectivity index (χ1n) is 15.0. The molecule has 2 aliphatic heterocycles. The van der Waals surface area contributed by atoms with Gasteiger partial charge in [-0.15, -0.1) is 34.5 Å². The van der Waals surface area contributed by atoms with Gasteiger partial charge in [0.05, 0.1) is 21.1 Å². The van der Waals surface area contributed by atoms with Gasteiger partial charge >= 0.3 is 11.9 Å². The van der Waals surface area contributed by atoms with Gasteiger partial charge in [0.15, 0.2) is 0 Å². The Hall–Kier alpha value is -4.44. The van der Waals surface area contributed by atoms with Gasteiger partial charge in [0.2, 0.25) is 0 Å². The number of nitrogens with zero attached hydrogens (tertiary/aromatic N) is 2. The molecule has 0 radical (unpaired) electrons. The molecule has 0 fully saturated rings. The lowest BCUT2D eigenvalue weighted by atomic mass is 9.95. The van der Waals surface area contributed by atoms with E-state index in [0.29, 0.717) is 57.5 Å². The Morgan fingerprint density at radius 1 is 0.660 bits per heavy atom. The van der Waals surface area contributed by atoms with Gasteiger partial charge in [-0.2, -0.15) is 0 Å². The van der Waals surface area contributed by atoms with Crippen molar-refractivity contribution in [3.8, 4) is 11.5 Å². The van der Waals surface area contributed by atoms with Crippen molar-refractivity contribution < 1.29 is 28.7 Å². The SMILES string of the molecule is CC(=O)Oc1cc2c(c3ccccc13)C(CCl)CN2C(=O)c1ccc(C(=O)N2CC(CCl)c3c2cc(OC(C)=O)c2ccccc32)s1. The van der Waals surface area contributed by atoms with Crippen molar-refractivity contribution in [2.24, 2.45) is 0 Å². The van der Waals surface area contributed by atoms with E-state index >= 15 is 0 Å². The molecule has 2 atom stereocenters. The van der Waals surface area contributed by atoms with Gasteiger partial charge in [0, 0.05) is 73.4 Å². The van der Waals surface area contributed by atoms with Crippen molar-refractivity contribution >= 4 is 91.2 Å². The fraction of sp³-hybridized carbons (Fsp3) is 0.222. The van der Waals surface area contributed by atoms with Crippen LogP contribution in [-0.4, -0.2) is 48.6 Å². The molecule has 1 aromatic heterocycles. The number of hydrogen-bond donors (Lipinski definition) is 0. The summed E-state index contributed by atoms with van der Waals surface area (Å²) in [6.07, 6.45) is 0. The van der Waals surface area contributed by atoms with Crippen molar-refractivity contribution in [3.63, 3.8) is 0 Å². The highest BCUT2D eigenvalue weighted by molar-refractivity contribution is 7.16. The molecule has 2 unspecified atom stereocenters. The quantitative estimate of drug-likeness (QED) is 0.103. The van der Waals surface area contributed by atoms with E-state index in [1.807, 2.05) is 48.5 Å². The number of esters is 2. The molecule has 2 amide bonds. The highest BCUT2D eigenvalue weighted by atomic mass is 35.5. The normalized spacial score (nSPS) is 16.8. The van der Waals surface area contributed by atoms with Gasteiger partial charge in [-0.05, 0) is 34.0 Å². The number of benzene rings is 4. The number of thiophene rings is 1. The molecule has 7 rings (SSSR count). The Kier molecular flexibility index (Phi) is 8.16. The molecule has 2 aliphatic rings. The van der Waals surface area contributed by atoms with Crippen LogP contribution in [0.4, 0.5) is 11.4 Å². The molecule has 0 saturated heterocycles. The number of hydrogen-bond acceptors (Lipinski definition) is 7. The zero-order valence-corrected chi connectivity index (χ0v) is 27.7. The Morgan fingerprint density at radius 2 is 1.04 bits per heavy atom. The number of halogens is 2. The van der Waals surface area contributed by atoms with Crippen LogP contribution in [0.1, 0.15) is 56.2 Å². The standard InChI is InChI=1S/C36H28Cl2N2O6S/c1-19(41)45-29-13-27-33(25-9-5-3-7-23(25)29)21(15-37)17-39(27)35(43)31-11-12-32(47-31)36(44)40-18-22(16-38)34-26-10-6-4-8-24(26)30(14-28(34)40)46-20(2)42/h3-14,21-22H,15-18H2,1-2H3. The number of alkyl halides is 2. The molecule has 0 bridgehead atoms. The van der Waals surface area contributed by atoms with Crippen LogP contribution in [0, 0.1) is 0 Å². The minimum absolute atomic E-state index is 0.136. The van der Waals surface area contributed by atoms with Crippen LogP contribution in [-0.2, 0) is 9.59 Å². The number of carbonyl (C=O) groups is 4. The highest BCUT2D eigenvalue weighted by Gasteiger charge is 2.38. The van der Waals surface area contributed by atoms with E-state index in [1.165, 1.54) is 13.8 Å². The molecular formula is C36H28Cl2N2O6S. The summed E-state index contributed by atoms with van der Waals surface area (Å²) in [4.78, 5) is 56.1. The lowest BCUT2D eigenvalue weighted by Gasteiger charge is -2.19. The van der Waals surface area contributed by atoms with E-state index < -0.39 is 11.9 Å². The average Bonchev–Trinajstić information content (AvgIpc) is 3.80. The predicted octanol–water partition coefficient (Wildman–Crippen LogP) is 7.87. The molecule has 5 aromatic rings. The number of rotatable bonds is 6. The minimum atomic E-state index is -0.464. The first-order chi connectivity index (χ1) is 22.7. The van der Waals surface area contributed by atoms with Crippen LogP contribution in [0.5, 0.6) is 11.5 Å². The third-order valence-corrected chi connectivity index (χ3v) is 10.5. The van der Waals surface area contributed by atoms with Crippen LogP contribution >= 0.6 is 34.5 Å². The van der Waals surface area contributed by atoms with Gasteiger partial charge < -0.3 is 19.3 Å². The van der Waals surface area contributed by atoms with Gasteiger partial charge in [-0.25, -0.2) is 0 Å². The van der Waals surface area contributed by atoms with E-state index in [9.17, 15) is 19.2 Å². The molecule has 3 heterocycles. The van der Waals surface area contributed by atoms with Crippen molar-refractivity contribution in [1.29, 1.82) is 0 Å². The molecule has 47 heavy (non-hydrogen) atoms. The molecule has 4 aromatic carbocycles. The molecule has 0 aliphatic carbocycles. The van der Waals surface area contributed by atoms with Crippen LogP contribution in [0.3, 0.4) is 0 Å². The number of carbonyl (C=O) groups excluding carboxylic acids is 4. The van der Waals surface area contributed by atoms with Crippen molar-refractivity contribution in [2.45, 2.75) is 25.7 Å². The molecule has 11 heteroatoms. The molecule has 238 valence electrons. The largest absolute Gasteiger partial charge is 0.426 e. The fourth-order valence-electron chi connectivity index (χ4n) is 6.77. The highest BCUT2D eigenvalue weighted by Crippen LogP contribution is 2.48. The topological polar surface area (TPSA) is 93.2 Å². The summed E-state index contributed by atoms with van der Waals surface area (Å²) in [5.74, 6) is -0.447. The average molecular weight is 688 g/mol. The third-order valence-electron chi connectivity index (χ3n) is 8.65. The predicted molar refractivity (Wildman–Crippen MR) is 185 cm³/mol. The van der Waals surface area contributed by atoms with E-state index in [0.717, 1.165) is 44.0 Å². The number of fused-ring (bicyclic) bond motifs is 6. The van der Waals surface area contributed by atoms with E-state index in [1.54, 1.807) is 34.1 Å². The summed E-state index contributed by atoms with van der Waals surface area (Å²) < 4.78 is 11.1.